The van der Waals surface area contributed by atoms with Crippen molar-refractivity contribution < 1.29 is 4.79 Å². The van der Waals surface area contributed by atoms with E-state index < -0.39 is 5.91 Å². The van der Waals surface area contributed by atoms with Crippen molar-refractivity contribution in [3.05, 3.63) is 30.1 Å². The Bertz CT molecular complexity index is 564. The van der Waals surface area contributed by atoms with Gasteiger partial charge in [0.2, 0.25) is 5.82 Å². The molecule has 0 bridgehead atoms. The standard InChI is InChI=1S/C10H8N4O/c11-5-6-14-8-4-2-1-3-7(8)13-10(14)9(12)15/h1-4H,6H2,(H2,12,15). The molecule has 2 rings (SSSR count). The second kappa shape index (κ2) is 3.42. The maximum Gasteiger partial charge on any atom is 0.284 e. The summed E-state index contributed by atoms with van der Waals surface area (Å²) in [5, 5.41) is 8.65. The second-order valence-electron chi connectivity index (χ2n) is 3.03. The third-order valence-corrected chi connectivity index (χ3v) is 2.10. The van der Waals surface area contributed by atoms with E-state index >= 15 is 0 Å². The minimum Gasteiger partial charge on any atom is -0.363 e. The Hall–Kier alpha value is -2.35. The number of fused-ring (bicyclic) bond motifs is 1. The van der Waals surface area contributed by atoms with Crippen LogP contribution in [0.3, 0.4) is 0 Å². The number of amides is 1. The smallest absolute Gasteiger partial charge is 0.284 e. The van der Waals surface area contributed by atoms with Crippen LogP contribution < -0.4 is 5.73 Å². The van der Waals surface area contributed by atoms with Gasteiger partial charge in [-0.25, -0.2) is 4.98 Å². The Morgan fingerprint density at radius 1 is 1.53 bits per heavy atom. The number of carbonyl (C=O) groups is 1. The second-order valence-corrected chi connectivity index (χ2v) is 3.03. The molecule has 74 valence electrons. The minimum absolute atomic E-state index is 0.0682. The Balaban J connectivity index is 2.75. The van der Waals surface area contributed by atoms with Crippen molar-refractivity contribution in [1.82, 2.24) is 9.55 Å². The van der Waals surface area contributed by atoms with E-state index in [2.05, 4.69) is 4.98 Å². The molecule has 2 N–H and O–H groups in total. The average Bonchev–Trinajstić information content (AvgIpc) is 2.58. The van der Waals surface area contributed by atoms with Gasteiger partial charge >= 0.3 is 0 Å². The fourth-order valence-corrected chi connectivity index (χ4v) is 1.49. The molecule has 1 aromatic carbocycles. The molecule has 0 fully saturated rings. The molecule has 2 aromatic rings. The van der Waals surface area contributed by atoms with Gasteiger partial charge in [-0.15, -0.1) is 0 Å². The highest BCUT2D eigenvalue weighted by Crippen LogP contribution is 2.15. The van der Waals surface area contributed by atoms with E-state index in [4.69, 9.17) is 11.0 Å². The molecule has 0 aliphatic rings. The van der Waals surface area contributed by atoms with Gasteiger partial charge in [-0.3, -0.25) is 4.79 Å². The molecule has 0 spiro atoms. The highest BCUT2D eigenvalue weighted by molar-refractivity contribution is 5.93. The van der Waals surface area contributed by atoms with E-state index in [0.717, 1.165) is 5.52 Å². The summed E-state index contributed by atoms with van der Waals surface area (Å²) >= 11 is 0. The normalized spacial score (nSPS) is 10.1. The third kappa shape index (κ3) is 1.42. The summed E-state index contributed by atoms with van der Waals surface area (Å²) in [4.78, 5) is 15.2. The van der Waals surface area contributed by atoms with Crippen LogP contribution in [0.15, 0.2) is 24.3 Å². The molecular weight excluding hydrogens is 192 g/mol. The van der Waals surface area contributed by atoms with Crippen molar-refractivity contribution in [3.8, 4) is 6.07 Å². The molecule has 0 saturated carbocycles. The number of nitrogens with zero attached hydrogens (tertiary/aromatic N) is 3. The van der Waals surface area contributed by atoms with E-state index in [1.165, 1.54) is 4.57 Å². The molecule has 5 nitrogen and oxygen atoms in total. The van der Waals surface area contributed by atoms with Crippen LogP contribution in [0, 0.1) is 11.3 Å². The summed E-state index contributed by atoms with van der Waals surface area (Å²) in [6.45, 7) is 0.0682. The Morgan fingerprint density at radius 3 is 2.93 bits per heavy atom. The largest absolute Gasteiger partial charge is 0.363 e. The van der Waals surface area contributed by atoms with Crippen molar-refractivity contribution in [2.75, 3.05) is 0 Å². The van der Waals surface area contributed by atoms with Crippen LogP contribution in [0.2, 0.25) is 0 Å². The zero-order chi connectivity index (χ0) is 10.8. The molecule has 1 heterocycles. The van der Waals surface area contributed by atoms with Crippen molar-refractivity contribution >= 4 is 16.9 Å². The van der Waals surface area contributed by atoms with Crippen LogP contribution in [0.4, 0.5) is 0 Å². The lowest BCUT2D eigenvalue weighted by Gasteiger charge is -1.99. The zero-order valence-electron chi connectivity index (χ0n) is 7.84. The Labute approximate surface area is 85.7 Å². The van der Waals surface area contributed by atoms with Crippen LogP contribution in [0.1, 0.15) is 10.6 Å². The monoisotopic (exact) mass is 200 g/mol. The molecule has 0 atom stereocenters. The highest BCUT2D eigenvalue weighted by atomic mass is 16.1. The number of aromatic nitrogens is 2. The Kier molecular flexibility index (Phi) is 2.10. The maximum absolute atomic E-state index is 11.1. The lowest BCUT2D eigenvalue weighted by atomic mass is 10.3. The van der Waals surface area contributed by atoms with Gasteiger partial charge in [0.05, 0.1) is 17.1 Å². The molecule has 1 amide bonds. The van der Waals surface area contributed by atoms with Crippen LogP contribution >= 0.6 is 0 Å². The van der Waals surface area contributed by atoms with Gasteiger partial charge in [-0.1, -0.05) is 12.1 Å². The van der Waals surface area contributed by atoms with Crippen LogP contribution in [0.5, 0.6) is 0 Å². The number of para-hydroxylation sites is 2. The number of carbonyl (C=O) groups excluding carboxylic acids is 1. The van der Waals surface area contributed by atoms with Crippen LogP contribution in [0.25, 0.3) is 11.0 Å². The van der Waals surface area contributed by atoms with Crippen LogP contribution in [-0.4, -0.2) is 15.5 Å². The topological polar surface area (TPSA) is 84.7 Å². The molecule has 5 heteroatoms. The zero-order valence-corrected chi connectivity index (χ0v) is 7.84. The summed E-state index contributed by atoms with van der Waals surface area (Å²) in [5.74, 6) is -0.501. The number of imidazole rings is 1. The van der Waals surface area contributed by atoms with Crippen molar-refractivity contribution in [2.24, 2.45) is 5.73 Å². The molecule has 0 unspecified atom stereocenters. The Morgan fingerprint density at radius 2 is 2.27 bits per heavy atom. The average molecular weight is 200 g/mol. The summed E-state index contributed by atoms with van der Waals surface area (Å²) in [6, 6.07) is 9.18. The maximum atomic E-state index is 11.1. The van der Waals surface area contributed by atoms with Gasteiger partial charge in [0, 0.05) is 0 Å². The van der Waals surface area contributed by atoms with Crippen LogP contribution in [-0.2, 0) is 6.54 Å². The first-order valence-corrected chi connectivity index (χ1v) is 4.36. The van der Waals surface area contributed by atoms with Gasteiger partial charge in [0.25, 0.3) is 5.91 Å². The summed E-state index contributed by atoms with van der Waals surface area (Å²) < 4.78 is 1.51. The minimum atomic E-state index is -0.624. The fourth-order valence-electron chi connectivity index (χ4n) is 1.49. The van der Waals surface area contributed by atoms with Crippen molar-refractivity contribution in [1.29, 1.82) is 5.26 Å². The van der Waals surface area contributed by atoms with Gasteiger partial charge in [-0.2, -0.15) is 5.26 Å². The van der Waals surface area contributed by atoms with E-state index in [9.17, 15) is 4.79 Å². The quantitative estimate of drug-likeness (QED) is 0.772. The van der Waals surface area contributed by atoms with Gasteiger partial charge in [-0.05, 0) is 12.1 Å². The molecule has 15 heavy (non-hydrogen) atoms. The van der Waals surface area contributed by atoms with Gasteiger partial charge in [0.1, 0.15) is 6.54 Å². The molecule has 1 aromatic heterocycles. The lowest BCUT2D eigenvalue weighted by molar-refractivity contribution is 0.0987. The van der Waals surface area contributed by atoms with Gasteiger partial charge in [0.15, 0.2) is 0 Å². The van der Waals surface area contributed by atoms with E-state index in [0.29, 0.717) is 5.52 Å². The molecular formula is C10H8N4O. The van der Waals surface area contributed by atoms with E-state index in [1.807, 2.05) is 18.2 Å². The lowest BCUT2D eigenvalue weighted by Crippen LogP contribution is -2.17. The molecule has 0 aliphatic carbocycles. The summed E-state index contributed by atoms with van der Waals surface area (Å²) in [5.41, 5.74) is 6.59. The number of nitriles is 1. The number of hydrogen-bond acceptors (Lipinski definition) is 3. The number of hydrogen-bond donors (Lipinski definition) is 1. The molecule has 0 radical (unpaired) electrons. The van der Waals surface area contributed by atoms with E-state index in [-0.39, 0.29) is 12.4 Å². The van der Waals surface area contributed by atoms with Crippen molar-refractivity contribution in [3.63, 3.8) is 0 Å². The highest BCUT2D eigenvalue weighted by Gasteiger charge is 2.13. The number of benzene rings is 1. The predicted molar refractivity (Wildman–Crippen MR) is 53.9 cm³/mol. The summed E-state index contributed by atoms with van der Waals surface area (Å²) in [7, 11) is 0. The van der Waals surface area contributed by atoms with Gasteiger partial charge < -0.3 is 10.3 Å². The first-order chi connectivity index (χ1) is 7.24. The number of nitrogens with two attached hydrogens (primary N) is 1. The fraction of sp³-hybridized carbons (Fsp3) is 0.100. The van der Waals surface area contributed by atoms with E-state index in [1.54, 1.807) is 12.1 Å². The number of primary amides is 1. The first kappa shape index (κ1) is 9.21. The number of rotatable bonds is 2. The third-order valence-electron chi connectivity index (χ3n) is 2.10. The SMILES string of the molecule is N#CCn1c(C(N)=O)nc2ccccc21. The molecule has 0 saturated heterocycles. The summed E-state index contributed by atoms with van der Waals surface area (Å²) in [6.07, 6.45) is 0. The predicted octanol–water partition coefficient (Wildman–Crippen LogP) is 0.659. The molecule has 0 aliphatic heterocycles. The van der Waals surface area contributed by atoms with Crippen molar-refractivity contribution in [2.45, 2.75) is 6.54 Å². The first-order valence-electron chi connectivity index (χ1n) is 4.36.